The molecule has 0 aliphatic carbocycles. The van der Waals surface area contributed by atoms with E-state index in [1.807, 2.05) is 24.3 Å². The highest BCUT2D eigenvalue weighted by molar-refractivity contribution is 5.99. The molecule has 32 heteroatoms. The largest absolute Gasteiger partial charge is 0.370 e. The van der Waals surface area contributed by atoms with Gasteiger partial charge in [0.1, 0.15) is 54.4 Å². The van der Waals surface area contributed by atoms with Gasteiger partial charge in [0, 0.05) is 87.7 Å². The highest BCUT2D eigenvalue weighted by Crippen LogP contribution is 2.21. The summed E-state index contributed by atoms with van der Waals surface area (Å²) < 4.78 is 0. The van der Waals surface area contributed by atoms with E-state index in [0.29, 0.717) is 36.1 Å². The van der Waals surface area contributed by atoms with Crippen LogP contribution in [0.15, 0.2) is 78.3 Å². The van der Waals surface area contributed by atoms with Gasteiger partial charge < -0.3 is 97.1 Å². The van der Waals surface area contributed by atoms with E-state index >= 15 is 19.2 Å². The third-order valence-corrected chi connectivity index (χ3v) is 19.1. The summed E-state index contributed by atoms with van der Waals surface area (Å²) in [4.78, 5) is 185. The number of nitrogens with one attached hydrogen (secondary N) is 13. The molecule has 1 aliphatic rings. The zero-order valence-electron chi connectivity index (χ0n) is 63.8. The van der Waals surface area contributed by atoms with Gasteiger partial charge in [-0.25, -0.2) is 4.98 Å². The van der Waals surface area contributed by atoms with Crippen LogP contribution < -0.4 is 87.2 Å². The Hall–Kier alpha value is -9.98. The van der Waals surface area contributed by atoms with Gasteiger partial charge in [0.25, 0.3) is 0 Å². The number of imidazole rings is 1. The van der Waals surface area contributed by atoms with Gasteiger partial charge in [0.2, 0.25) is 70.9 Å². The fourth-order valence-corrected chi connectivity index (χ4v) is 13.0. The molecule has 9 atom stereocenters. The summed E-state index contributed by atoms with van der Waals surface area (Å²) >= 11 is 0. The number of hydrogen-bond donors (Lipinski definition) is 18. The number of guanidine groups is 1. The van der Waals surface area contributed by atoms with Gasteiger partial charge in [0.15, 0.2) is 5.96 Å². The van der Waals surface area contributed by atoms with E-state index in [1.165, 1.54) is 77.2 Å². The van der Waals surface area contributed by atoms with Gasteiger partial charge in [0.05, 0.1) is 6.33 Å². The van der Waals surface area contributed by atoms with Gasteiger partial charge in [-0.3, -0.25) is 62.5 Å². The Bertz CT molecular complexity index is 3500. The van der Waals surface area contributed by atoms with Crippen molar-refractivity contribution in [1.82, 2.24) is 73.4 Å². The van der Waals surface area contributed by atoms with Crippen molar-refractivity contribution in [3.63, 3.8) is 0 Å². The first-order chi connectivity index (χ1) is 52.6. The highest BCUT2D eigenvalue weighted by Gasteiger charge is 2.36. The number of primary amides is 1. The summed E-state index contributed by atoms with van der Waals surface area (Å²) in [5.41, 5.74) is 31.7. The molecule has 1 fully saturated rings. The van der Waals surface area contributed by atoms with E-state index in [2.05, 4.69) is 85.4 Å². The molecule has 2 aromatic heterocycles. The number of hydrogen-bond acceptors (Lipinski definition) is 16. The molecule has 1 aliphatic heterocycles. The normalized spacial score (nSPS) is 18.8. The van der Waals surface area contributed by atoms with Gasteiger partial charge in [-0.1, -0.05) is 133 Å². The number of aromatic nitrogens is 3. The van der Waals surface area contributed by atoms with Crippen molar-refractivity contribution >= 4 is 87.7 Å². The molecule has 12 amide bonds. The maximum Gasteiger partial charge on any atom is 0.243 e. The number of nitrogens with zero attached hydrogens (tertiary/aromatic N) is 2. The second-order valence-electron chi connectivity index (χ2n) is 28.2. The van der Waals surface area contributed by atoms with Crippen molar-refractivity contribution in [3.05, 3.63) is 90.1 Å². The molecule has 4 aromatic rings. The van der Waals surface area contributed by atoms with Crippen LogP contribution in [0.1, 0.15) is 210 Å². The zero-order valence-corrected chi connectivity index (χ0v) is 63.8. The number of nitrogens with two attached hydrogens (primary N) is 5. The predicted molar refractivity (Wildman–Crippen MR) is 416 cm³/mol. The first kappa shape index (κ1) is 89.6. The predicted octanol–water partition coefficient (Wildman–Crippen LogP) is 2.17. The summed E-state index contributed by atoms with van der Waals surface area (Å²) in [7, 11) is 0. The van der Waals surface area contributed by atoms with Crippen molar-refractivity contribution < 1.29 is 57.5 Å². The number of carbonyl (C=O) groups is 12. The number of H-pyrrole nitrogens is 2. The molecule has 0 spiro atoms. The van der Waals surface area contributed by atoms with Crippen LogP contribution in [0.3, 0.4) is 0 Å². The number of aliphatic imine (C=N–C) groups is 1. The molecule has 32 nitrogen and oxygen atoms in total. The number of unbranched alkanes of at least 4 members (excludes halogenated alkanes) is 14. The lowest BCUT2D eigenvalue weighted by atomic mass is 10.0. The molecule has 0 bridgehead atoms. The lowest BCUT2D eigenvalue weighted by Gasteiger charge is -2.28. The zero-order chi connectivity index (χ0) is 79.1. The molecule has 0 radical (unpaired) electrons. The summed E-state index contributed by atoms with van der Waals surface area (Å²) in [6.45, 7) is 3.86. The van der Waals surface area contributed by atoms with Gasteiger partial charge in [-0.2, -0.15) is 0 Å². The topological polar surface area (TPSA) is 524 Å². The second kappa shape index (κ2) is 51.4. The fraction of sp³-hybridized carbons (Fsp3) is 0.610. The number of para-hydroxylation sites is 1. The molecule has 602 valence electrons. The van der Waals surface area contributed by atoms with Gasteiger partial charge in [-0.05, 0) is 120 Å². The number of aromatic amines is 2. The molecule has 23 N–H and O–H groups in total. The molecule has 0 unspecified atom stereocenters. The molecule has 109 heavy (non-hydrogen) atoms. The Morgan fingerprint density at radius 2 is 1.17 bits per heavy atom. The van der Waals surface area contributed by atoms with Crippen molar-refractivity contribution in [1.29, 1.82) is 0 Å². The standard InChI is InChI=1S/C77H122N20O12/c1-3-4-5-6-7-8-9-10-11-12-13-14-18-36-66(99)84-42-26-23-34-59(92-73(106)62(39-41-79)95-76(109)65(89-51(2)98)47-54-49-83-50-88-54)69(102)94-61-37-38-67(100)85-43-25-22-32-57(68(80)101)90-75(108)64(46-53-48-87-56-31-20-19-30-55(53)56)97-71(104)60(35-27-44-86-77(81)82)93-74(107)63(45-52-28-16-15-17-29-52)96-70(103)58(91-72(61)105)33-21-24-40-78/h15-17,19-20,28-31,48-50,57-65,87H,3-14,18,21-27,32-47,78-79H2,1-2H3,(H2,80,101)(H,83,88)(H,84,99)(H,85,100)(H,89,98)(H,90,108)(H,91,105)(H,92,106)(H,93,107)(H,94,102)(H,95,109)(H,96,103)(H,97,104)(H4,81,82,86)/t57-,58-,59-,60-,61-,62-,63+,64-,65-/m0/s1. The molecular weight excluding hydrogens is 1400 g/mol. The van der Waals surface area contributed by atoms with Crippen LogP contribution in [-0.4, -0.2) is 179 Å². The number of fused-ring (bicyclic) bond motifs is 1. The third-order valence-electron chi connectivity index (χ3n) is 19.1. The minimum absolute atomic E-state index is 0.0121. The minimum atomic E-state index is -1.60. The van der Waals surface area contributed by atoms with E-state index in [0.717, 1.165) is 36.6 Å². The van der Waals surface area contributed by atoms with Crippen molar-refractivity contribution in [2.75, 3.05) is 32.7 Å². The maximum atomic E-state index is 15.1. The van der Waals surface area contributed by atoms with Crippen molar-refractivity contribution in [3.8, 4) is 0 Å². The van der Waals surface area contributed by atoms with E-state index in [9.17, 15) is 38.4 Å². The average molecular weight is 1520 g/mol. The monoisotopic (exact) mass is 1520 g/mol. The van der Waals surface area contributed by atoms with Crippen molar-refractivity contribution in [2.45, 2.75) is 267 Å². The third kappa shape index (κ3) is 35.3. The van der Waals surface area contributed by atoms with Gasteiger partial charge in [-0.15, -0.1) is 0 Å². The number of benzene rings is 2. The summed E-state index contributed by atoms with van der Waals surface area (Å²) in [6.07, 6.45) is 20.7. The molecule has 3 heterocycles. The van der Waals surface area contributed by atoms with Crippen molar-refractivity contribution in [2.24, 2.45) is 33.7 Å². The first-order valence-electron chi connectivity index (χ1n) is 39.1. The quantitative estimate of drug-likeness (QED) is 0.0171. The molecule has 5 rings (SSSR count). The number of carbonyl (C=O) groups excluding carboxylic acids is 12. The van der Waals surface area contributed by atoms with E-state index in [4.69, 9.17) is 28.7 Å². The Kier molecular flexibility index (Phi) is 42.2. The van der Waals surface area contributed by atoms with E-state index < -0.39 is 119 Å². The first-order valence-corrected chi connectivity index (χ1v) is 39.1. The Morgan fingerprint density at radius 1 is 0.578 bits per heavy atom. The van der Waals surface area contributed by atoms with E-state index in [-0.39, 0.29) is 141 Å². The van der Waals surface area contributed by atoms with E-state index in [1.54, 1.807) is 36.5 Å². The Morgan fingerprint density at radius 3 is 1.81 bits per heavy atom. The lowest BCUT2D eigenvalue weighted by molar-refractivity contribution is -0.136. The number of rotatable bonds is 43. The molecule has 1 saturated heterocycles. The number of amides is 12. The summed E-state index contributed by atoms with van der Waals surface area (Å²) in [5, 5.41) is 31.2. The molecule has 2 aromatic carbocycles. The Labute approximate surface area is 639 Å². The lowest BCUT2D eigenvalue weighted by Crippen LogP contribution is -2.61. The molecule has 0 saturated carbocycles. The van der Waals surface area contributed by atoms with Crippen LogP contribution in [0.2, 0.25) is 0 Å². The second-order valence-corrected chi connectivity index (χ2v) is 28.2. The summed E-state index contributed by atoms with van der Waals surface area (Å²) in [6, 6.07) is 3.51. The van der Waals surface area contributed by atoms with Crippen LogP contribution in [-0.2, 0) is 76.8 Å². The SMILES string of the molecule is CCCCCCCCCCCCCCCC(=O)NCCCC[C@H](NC(=O)[C@H](CCN)NC(=O)[C@H](Cc1cnc[nH]1)NC(C)=O)C(=O)N[C@H]1CCC(=O)NCCCC[C@@H](C(N)=O)NC(=O)[C@H](Cc2c[nH]c3ccccc23)NC(=O)[C@H](CCCN=C(N)N)NC(=O)[C@@H](Cc2ccccc2)NC(=O)[C@H](CCCCN)NC1=O. The fourth-order valence-electron chi connectivity index (χ4n) is 13.0. The van der Waals surface area contributed by atoms with Crippen LogP contribution in [0.25, 0.3) is 10.9 Å². The maximum absolute atomic E-state index is 15.1. The van der Waals surface area contributed by atoms with Crippen LogP contribution in [0, 0.1) is 0 Å². The highest BCUT2D eigenvalue weighted by atomic mass is 16.2. The van der Waals surface area contributed by atoms with Crippen LogP contribution in [0.4, 0.5) is 0 Å². The Balaban J connectivity index is 1.46. The van der Waals surface area contributed by atoms with Gasteiger partial charge >= 0.3 is 0 Å². The molecular formula is C77H122N20O12. The average Bonchev–Trinajstić information content (AvgIpc) is 1.72. The van der Waals surface area contributed by atoms with Crippen LogP contribution in [0.5, 0.6) is 0 Å². The smallest absolute Gasteiger partial charge is 0.243 e. The minimum Gasteiger partial charge on any atom is -0.370 e. The summed E-state index contributed by atoms with van der Waals surface area (Å²) in [5.74, 6) is -9.04. The van der Waals surface area contributed by atoms with Crippen LogP contribution >= 0.6 is 0 Å².